The molecule has 0 fully saturated rings. The number of anilines is 1. The lowest BCUT2D eigenvalue weighted by atomic mass is 9.99. The van der Waals surface area contributed by atoms with Crippen LogP contribution in [0, 0.1) is 0 Å². The van der Waals surface area contributed by atoms with Crippen LogP contribution in [0.25, 0.3) is 0 Å². The predicted octanol–water partition coefficient (Wildman–Crippen LogP) is 4.29. The van der Waals surface area contributed by atoms with Crippen LogP contribution in [0.2, 0.25) is 0 Å². The Morgan fingerprint density at radius 3 is 2.22 bits per heavy atom. The molecule has 0 radical (unpaired) electrons. The fourth-order valence-electron chi connectivity index (χ4n) is 1.63. The van der Waals surface area contributed by atoms with Crippen molar-refractivity contribution in [3.05, 3.63) is 29.8 Å². The number of rotatable bonds is 3. The summed E-state index contributed by atoms with van der Waals surface area (Å²) in [5.74, 6) is 0.610. The summed E-state index contributed by atoms with van der Waals surface area (Å²) in [6, 6.07) is 8.49. The van der Waals surface area contributed by atoms with Gasteiger partial charge in [0, 0.05) is 11.2 Å². The molecule has 0 saturated carbocycles. The van der Waals surface area contributed by atoms with Gasteiger partial charge in [0.25, 0.3) is 0 Å². The SMILES string of the molecule is CCC(C)c1ccc(NC(=S)NC(C)(C)C)cc1. The van der Waals surface area contributed by atoms with Gasteiger partial charge in [-0.05, 0) is 63.0 Å². The minimum absolute atomic E-state index is 0.0131. The summed E-state index contributed by atoms with van der Waals surface area (Å²) >= 11 is 5.27. The first kappa shape index (κ1) is 15.0. The Bertz CT molecular complexity index is 390. The summed E-state index contributed by atoms with van der Waals surface area (Å²) in [6.07, 6.45) is 1.16. The third-order valence-electron chi connectivity index (χ3n) is 2.84. The number of thiocarbonyl (C=S) groups is 1. The molecule has 3 heteroatoms. The normalized spacial score (nSPS) is 12.9. The van der Waals surface area contributed by atoms with Gasteiger partial charge < -0.3 is 10.6 Å². The van der Waals surface area contributed by atoms with E-state index in [4.69, 9.17) is 12.2 Å². The van der Waals surface area contributed by atoms with Gasteiger partial charge in [0.2, 0.25) is 0 Å². The van der Waals surface area contributed by atoms with Gasteiger partial charge in [-0.2, -0.15) is 0 Å². The zero-order valence-electron chi connectivity index (χ0n) is 12.0. The summed E-state index contributed by atoms with van der Waals surface area (Å²) in [5.41, 5.74) is 2.39. The Labute approximate surface area is 116 Å². The number of hydrogen-bond acceptors (Lipinski definition) is 1. The summed E-state index contributed by atoms with van der Waals surface area (Å²) < 4.78 is 0. The molecule has 0 aliphatic rings. The average Bonchev–Trinajstić information content (AvgIpc) is 2.26. The van der Waals surface area contributed by atoms with E-state index in [2.05, 4.69) is 69.5 Å². The van der Waals surface area contributed by atoms with Crippen molar-refractivity contribution in [1.82, 2.24) is 5.32 Å². The third kappa shape index (κ3) is 5.05. The van der Waals surface area contributed by atoms with Crippen molar-refractivity contribution in [1.29, 1.82) is 0 Å². The number of benzene rings is 1. The molecule has 2 N–H and O–H groups in total. The van der Waals surface area contributed by atoms with E-state index in [9.17, 15) is 0 Å². The molecule has 1 rings (SSSR count). The molecular weight excluding hydrogens is 240 g/mol. The summed E-state index contributed by atoms with van der Waals surface area (Å²) in [7, 11) is 0. The molecule has 18 heavy (non-hydrogen) atoms. The van der Waals surface area contributed by atoms with Gasteiger partial charge in [-0.3, -0.25) is 0 Å². The molecule has 2 nitrogen and oxygen atoms in total. The third-order valence-corrected chi connectivity index (χ3v) is 3.04. The average molecular weight is 264 g/mol. The Balaban J connectivity index is 2.61. The fourth-order valence-corrected chi connectivity index (χ4v) is 2.06. The van der Waals surface area contributed by atoms with E-state index >= 15 is 0 Å². The summed E-state index contributed by atoms with van der Waals surface area (Å²) in [4.78, 5) is 0. The van der Waals surface area contributed by atoms with Crippen LogP contribution in [0.3, 0.4) is 0 Å². The predicted molar refractivity (Wildman–Crippen MR) is 84.3 cm³/mol. The largest absolute Gasteiger partial charge is 0.358 e. The van der Waals surface area contributed by atoms with Gasteiger partial charge >= 0.3 is 0 Å². The van der Waals surface area contributed by atoms with Gasteiger partial charge in [-0.15, -0.1) is 0 Å². The van der Waals surface area contributed by atoms with E-state index in [1.807, 2.05) is 0 Å². The lowest BCUT2D eigenvalue weighted by Crippen LogP contribution is -2.42. The molecule has 0 heterocycles. The lowest BCUT2D eigenvalue weighted by Gasteiger charge is -2.23. The summed E-state index contributed by atoms with van der Waals surface area (Å²) in [5, 5.41) is 7.10. The minimum Gasteiger partial charge on any atom is -0.358 e. The number of nitrogens with one attached hydrogen (secondary N) is 2. The van der Waals surface area contributed by atoms with Gasteiger partial charge in [0.1, 0.15) is 0 Å². The van der Waals surface area contributed by atoms with Crippen LogP contribution in [-0.2, 0) is 0 Å². The molecule has 0 aliphatic carbocycles. The van der Waals surface area contributed by atoms with E-state index in [0.717, 1.165) is 12.1 Å². The molecule has 1 aromatic carbocycles. The second kappa shape index (κ2) is 6.19. The lowest BCUT2D eigenvalue weighted by molar-refractivity contribution is 0.515. The number of hydrogen-bond donors (Lipinski definition) is 2. The van der Waals surface area contributed by atoms with Crippen molar-refractivity contribution in [2.75, 3.05) is 5.32 Å². The molecule has 1 aromatic rings. The van der Waals surface area contributed by atoms with Crippen LogP contribution >= 0.6 is 12.2 Å². The van der Waals surface area contributed by atoms with Gasteiger partial charge in [0.15, 0.2) is 5.11 Å². The molecule has 1 atom stereocenters. The van der Waals surface area contributed by atoms with Crippen LogP contribution in [0.15, 0.2) is 24.3 Å². The molecule has 0 aliphatic heterocycles. The van der Waals surface area contributed by atoms with E-state index < -0.39 is 0 Å². The Morgan fingerprint density at radius 1 is 1.22 bits per heavy atom. The molecule has 0 saturated heterocycles. The second-order valence-corrected chi connectivity index (χ2v) is 6.17. The first-order chi connectivity index (χ1) is 8.31. The van der Waals surface area contributed by atoms with Crippen LogP contribution in [-0.4, -0.2) is 10.7 Å². The highest BCUT2D eigenvalue weighted by atomic mass is 32.1. The zero-order valence-corrected chi connectivity index (χ0v) is 12.8. The quantitative estimate of drug-likeness (QED) is 0.797. The Kier molecular flexibility index (Phi) is 5.15. The maximum atomic E-state index is 5.27. The van der Waals surface area contributed by atoms with Crippen molar-refractivity contribution in [2.24, 2.45) is 0 Å². The van der Waals surface area contributed by atoms with E-state index in [0.29, 0.717) is 11.0 Å². The topological polar surface area (TPSA) is 24.1 Å². The smallest absolute Gasteiger partial charge is 0.171 e. The maximum Gasteiger partial charge on any atom is 0.171 e. The molecule has 0 spiro atoms. The van der Waals surface area contributed by atoms with Gasteiger partial charge in [0.05, 0.1) is 0 Å². The Hall–Kier alpha value is -1.09. The highest BCUT2D eigenvalue weighted by Gasteiger charge is 2.11. The maximum absolute atomic E-state index is 5.27. The van der Waals surface area contributed by atoms with Gasteiger partial charge in [-0.25, -0.2) is 0 Å². The van der Waals surface area contributed by atoms with Crippen LogP contribution < -0.4 is 10.6 Å². The molecular formula is C15H24N2S. The minimum atomic E-state index is -0.0131. The first-order valence-corrected chi connectivity index (χ1v) is 6.92. The van der Waals surface area contributed by atoms with Crippen molar-refractivity contribution in [3.63, 3.8) is 0 Å². The van der Waals surface area contributed by atoms with E-state index in [1.165, 1.54) is 5.56 Å². The molecule has 1 unspecified atom stereocenters. The zero-order chi connectivity index (χ0) is 13.8. The fraction of sp³-hybridized carbons (Fsp3) is 0.533. The van der Waals surface area contributed by atoms with E-state index in [-0.39, 0.29) is 5.54 Å². The molecule has 100 valence electrons. The van der Waals surface area contributed by atoms with Crippen LogP contribution in [0.4, 0.5) is 5.69 Å². The van der Waals surface area contributed by atoms with Crippen molar-refractivity contribution in [3.8, 4) is 0 Å². The molecule has 0 bridgehead atoms. The highest BCUT2D eigenvalue weighted by Crippen LogP contribution is 2.20. The Morgan fingerprint density at radius 2 is 1.78 bits per heavy atom. The highest BCUT2D eigenvalue weighted by molar-refractivity contribution is 7.80. The summed E-state index contributed by atoms with van der Waals surface area (Å²) in [6.45, 7) is 10.7. The second-order valence-electron chi connectivity index (χ2n) is 5.76. The molecule has 0 amide bonds. The van der Waals surface area contributed by atoms with Crippen LogP contribution in [0.1, 0.15) is 52.5 Å². The van der Waals surface area contributed by atoms with Gasteiger partial charge in [-0.1, -0.05) is 26.0 Å². The monoisotopic (exact) mass is 264 g/mol. The van der Waals surface area contributed by atoms with E-state index in [1.54, 1.807) is 0 Å². The van der Waals surface area contributed by atoms with Crippen molar-refractivity contribution >= 4 is 23.0 Å². The van der Waals surface area contributed by atoms with Crippen LogP contribution in [0.5, 0.6) is 0 Å². The van der Waals surface area contributed by atoms with Crippen molar-refractivity contribution in [2.45, 2.75) is 52.5 Å². The van der Waals surface area contributed by atoms with Crippen molar-refractivity contribution < 1.29 is 0 Å². The first-order valence-electron chi connectivity index (χ1n) is 6.51. The standard InChI is InChI=1S/C15H24N2S/c1-6-11(2)12-7-9-13(10-8-12)16-14(18)17-15(3,4)5/h7-11H,6H2,1-5H3,(H2,16,17,18). The molecule has 0 aromatic heterocycles.